The Morgan fingerprint density at radius 3 is 2.20 bits per heavy atom. The summed E-state index contributed by atoms with van der Waals surface area (Å²) in [7, 11) is -0.769. The summed E-state index contributed by atoms with van der Waals surface area (Å²) in [6, 6.07) is 21.1. The number of hydrogen-bond donors (Lipinski definition) is 1. The first-order chi connectivity index (χ1) is 16.9. The lowest BCUT2D eigenvalue weighted by atomic mass is 9.97. The molecule has 0 saturated carbocycles. The lowest BCUT2D eigenvalue weighted by Crippen LogP contribution is -2.41. The summed E-state index contributed by atoms with van der Waals surface area (Å²) in [6.45, 7) is 0.494. The molecule has 1 fully saturated rings. The van der Waals surface area contributed by atoms with Crippen LogP contribution in [0.3, 0.4) is 0 Å². The van der Waals surface area contributed by atoms with Gasteiger partial charge in [-0.1, -0.05) is 30.3 Å². The van der Waals surface area contributed by atoms with Gasteiger partial charge >= 0.3 is 0 Å². The van der Waals surface area contributed by atoms with Crippen LogP contribution in [0.5, 0.6) is 23.0 Å². The van der Waals surface area contributed by atoms with Gasteiger partial charge in [0, 0.05) is 25.1 Å². The number of anilines is 1. The van der Waals surface area contributed by atoms with E-state index in [1.54, 1.807) is 18.2 Å². The summed E-state index contributed by atoms with van der Waals surface area (Å²) in [4.78, 5) is 13.1. The van der Waals surface area contributed by atoms with Crippen molar-refractivity contribution in [2.75, 3.05) is 32.6 Å². The minimum Gasteiger partial charge on any atom is -0.493 e. The van der Waals surface area contributed by atoms with Gasteiger partial charge in [-0.05, 0) is 49.2 Å². The van der Waals surface area contributed by atoms with Gasteiger partial charge in [-0.2, -0.15) is 4.31 Å². The number of nitrogens with one attached hydrogen (secondary N) is 1. The molecule has 1 saturated heterocycles. The standard InChI is InChI=1S/C26H28N2O6S/c1-32-24-13-12-21(18-25(24)33-2)35(30,31)28-16-14-19(15-17-28)26(29)27-22-10-6-7-11-23(22)34-20-8-4-3-5-9-20/h3-13,18-19H,14-17H2,1-2H3,(H,27,29). The third-order valence-corrected chi connectivity index (χ3v) is 7.83. The topological polar surface area (TPSA) is 94.2 Å². The van der Waals surface area contributed by atoms with E-state index in [4.69, 9.17) is 14.2 Å². The number of carbonyl (C=O) groups is 1. The van der Waals surface area contributed by atoms with Gasteiger partial charge < -0.3 is 19.5 Å². The molecule has 0 spiro atoms. The highest BCUT2D eigenvalue weighted by Crippen LogP contribution is 2.33. The summed E-state index contributed by atoms with van der Waals surface area (Å²) >= 11 is 0. The number of hydrogen-bond acceptors (Lipinski definition) is 6. The van der Waals surface area contributed by atoms with Crippen molar-refractivity contribution in [3.63, 3.8) is 0 Å². The van der Waals surface area contributed by atoms with Gasteiger partial charge in [0.25, 0.3) is 0 Å². The number of carbonyl (C=O) groups excluding carboxylic acids is 1. The fraction of sp³-hybridized carbons (Fsp3) is 0.269. The van der Waals surface area contributed by atoms with Crippen molar-refractivity contribution in [2.24, 2.45) is 5.92 Å². The molecule has 4 rings (SSSR count). The van der Waals surface area contributed by atoms with E-state index in [0.29, 0.717) is 41.5 Å². The molecule has 0 bridgehead atoms. The van der Waals surface area contributed by atoms with Crippen LogP contribution in [0.1, 0.15) is 12.8 Å². The summed E-state index contributed by atoms with van der Waals surface area (Å²) < 4.78 is 44.1. The molecule has 1 aliphatic heterocycles. The molecule has 3 aromatic carbocycles. The number of amides is 1. The molecule has 1 amide bonds. The van der Waals surface area contributed by atoms with Crippen LogP contribution in [0, 0.1) is 5.92 Å². The molecule has 3 aromatic rings. The second-order valence-electron chi connectivity index (χ2n) is 8.10. The Bertz CT molecular complexity index is 1270. The first-order valence-corrected chi connectivity index (χ1v) is 12.7. The van der Waals surface area contributed by atoms with Crippen LogP contribution < -0.4 is 19.5 Å². The van der Waals surface area contributed by atoms with E-state index >= 15 is 0 Å². The number of benzene rings is 3. The van der Waals surface area contributed by atoms with Crippen molar-refractivity contribution in [1.29, 1.82) is 0 Å². The van der Waals surface area contributed by atoms with Crippen LogP contribution in [0.4, 0.5) is 5.69 Å². The monoisotopic (exact) mass is 496 g/mol. The van der Waals surface area contributed by atoms with Crippen LogP contribution in [0.15, 0.2) is 77.7 Å². The first-order valence-electron chi connectivity index (χ1n) is 11.3. The number of para-hydroxylation sites is 3. The van der Waals surface area contributed by atoms with E-state index < -0.39 is 10.0 Å². The third kappa shape index (κ3) is 5.58. The Morgan fingerprint density at radius 2 is 1.51 bits per heavy atom. The van der Waals surface area contributed by atoms with Gasteiger partial charge in [0.1, 0.15) is 5.75 Å². The van der Waals surface area contributed by atoms with Gasteiger partial charge in [0.15, 0.2) is 17.2 Å². The first kappa shape index (κ1) is 24.6. The Kier molecular flexibility index (Phi) is 7.57. The third-order valence-electron chi connectivity index (χ3n) is 5.93. The molecule has 0 unspecified atom stereocenters. The number of sulfonamides is 1. The van der Waals surface area contributed by atoms with Crippen molar-refractivity contribution in [3.05, 3.63) is 72.8 Å². The highest BCUT2D eigenvalue weighted by atomic mass is 32.2. The summed E-state index contributed by atoms with van der Waals surface area (Å²) in [5.41, 5.74) is 0.571. The van der Waals surface area contributed by atoms with E-state index in [-0.39, 0.29) is 29.8 Å². The Labute approximate surface area is 205 Å². The van der Waals surface area contributed by atoms with E-state index in [2.05, 4.69) is 5.32 Å². The fourth-order valence-electron chi connectivity index (χ4n) is 3.99. The zero-order chi connectivity index (χ0) is 24.8. The zero-order valence-electron chi connectivity index (χ0n) is 19.6. The minimum atomic E-state index is -3.72. The number of ether oxygens (including phenoxy) is 3. The molecule has 1 N–H and O–H groups in total. The lowest BCUT2D eigenvalue weighted by molar-refractivity contribution is -0.120. The number of nitrogens with zero attached hydrogens (tertiary/aromatic N) is 1. The number of rotatable bonds is 8. The highest BCUT2D eigenvalue weighted by Gasteiger charge is 2.33. The maximum absolute atomic E-state index is 13.2. The maximum Gasteiger partial charge on any atom is 0.243 e. The Hall–Kier alpha value is -3.56. The average Bonchev–Trinajstić information content (AvgIpc) is 2.90. The van der Waals surface area contributed by atoms with E-state index in [1.165, 1.54) is 30.7 Å². The largest absolute Gasteiger partial charge is 0.493 e. The van der Waals surface area contributed by atoms with Crippen LogP contribution >= 0.6 is 0 Å². The fourth-order valence-corrected chi connectivity index (χ4v) is 5.48. The van der Waals surface area contributed by atoms with Crippen LogP contribution in [-0.4, -0.2) is 45.9 Å². The number of piperidine rings is 1. The van der Waals surface area contributed by atoms with E-state index in [0.717, 1.165) is 0 Å². The average molecular weight is 497 g/mol. The molecule has 0 aromatic heterocycles. The van der Waals surface area contributed by atoms with Gasteiger partial charge in [-0.3, -0.25) is 4.79 Å². The molecule has 35 heavy (non-hydrogen) atoms. The molecule has 1 heterocycles. The second-order valence-corrected chi connectivity index (χ2v) is 10.0. The molecular weight excluding hydrogens is 468 g/mol. The maximum atomic E-state index is 13.2. The van der Waals surface area contributed by atoms with Crippen molar-refractivity contribution >= 4 is 21.6 Å². The van der Waals surface area contributed by atoms with Gasteiger partial charge in [-0.15, -0.1) is 0 Å². The molecule has 0 atom stereocenters. The van der Waals surface area contributed by atoms with Crippen LogP contribution in [0.2, 0.25) is 0 Å². The molecular formula is C26H28N2O6S. The predicted octanol–water partition coefficient (Wildman–Crippen LogP) is 4.54. The molecule has 184 valence electrons. The van der Waals surface area contributed by atoms with E-state index in [1.807, 2.05) is 42.5 Å². The van der Waals surface area contributed by atoms with Gasteiger partial charge in [-0.25, -0.2) is 8.42 Å². The van der Waals surface area contributed by atoms with Crippen LogP contribution in [-0.2, 0) is 14.8 Å². The second kappa shape index (κ2) is 10.8. The smallest absolute Gasteiger partial charge is 0.243 e. The van der Waals surface area contributed by atoms with E-state index in [9.17, 15) is 13.2 Å². The normalized spacial score (nSPS) is 14.8. The van der Waals surface area contributed by atoms with Crippen molar-refractivity contribution in [2.45, 2.75) is 17.7 Å². The quantitative estimate of drug-likeness (QED) is 0.492. The van der Waals surface area contributed by atoms with Crippen LogP contribution in [0.25, 0.3) is 0 Å². The molecule has 8 nitrogen and oxygen atoms in total. The SMILES string of the molecule is COc1ccc(S(=O)(=O)N2CCC(C(=O)Nc3ccccc3Oc3ccccc3)CC2)cc1OC. The Balaban J connectivity index is 1.40. The molecule has 9 heteroatoms. The predicted molar refractivity (Wildman–Crippen MR) is 133 cm³/mol. The molecule has 0 aliphatic carbocycles. The summed E-state index contributed by atoms with van der Waals surface area (Å²) in [5.74, 6) is 1.55. The molecule has 0 radical (unpaired) electrons. The minimum absolute atomic E-state index is 0.130. The van der Waals surface area contributed by atoms with Crippen molar-refractivity contribution < 1.29 is 27.4 Å². The van der Waals surface area contributed by atoms with Crippen molar-refractivity contribution in [3.8, 4) is 23.0 Å². The zero-order valence-corrected chi connectivity index (χ0v) is 20.5. The Morgan fingerprint density at radius 1 is 0.857 bits per heavy atom. The summed E-state index contributed by atoms with van der Waals surface area (Å²) in [5, 5.41) is 2.95. The lowest BCUT2D eigenvalue weighted by Gasteiger charge is -2.30. The summed E-state index contributed by atoms with van der Waals surface area (Å²) in [6.07, 6.45) is 0.833. The molecule has 1 aliphatic rings. The number of methoxy groups -OCH3 is 2. The van der Waals surface area contributed by atoms with Crippen molar-refractivity contribution in [1.82, 2.24) is 4.31 Å². The highest BCUT2D eigenvalue weighted by molar-refractivity contribution is 7.89. The van der Waals surface area contributed by atoms with Gasteiger partial charge in [0.05, 0.1) is 24.8 Å². The van der Waals surface area contributed by atoms with Gasteiger partial charge in [0.2, 0.25) is 15.9 Å².